The summed E-state index contributed by atoms with van der Waals surface area (Å²) in [6.07, 6.45) is 2.57. The SMILES string of the molecule is CCc1cc(C(=O)Cc2ncnn2CC)n(C)n1. The van der Waals surface area contributed by atoms with Gasteiger partial charge in [-0.05, 0) is 19.4 Å². The molecule has 0 aliphatic rings. The summed E-state index contributed by atoms with van der Waals surface area (Å²) in [5, 5.41) is 8.33. The Labute approximate surface area is 106 Å². The average molecular weight is 247 g/mol. The van der Waals surface area contributed by atoms with Crippen molar-refractivity contribution in [2.24, 2.45) is 7.05 Å². The standard InChI is InChI=1S/C12H17N5O/c1-4-9-6-10(16(3)15-9)11(18)7-12-13-8-14-17(12)5-2/h6,8H,4-5,7H2,1-3H3. The molecule has 0 saturated heterocycles. The van der Waals surface area contributed by atoms with Crippen LogP contribution < -0.4 is 0 Å². The Morgan fingerprint density at radius 2 is 2.17 bits per heavy atom. The van der Waals surface area contributed by atoms with E-state index in [4.69, 9.17) is 0 Å². The number of aromatic nitrogens is 5. The van der Waals surface area contributed by atoms with Gasteiger partial charge in [0, 0.05) is 13.6 Å². The van der Waals surface area contributed by atoms with Gasteiger partial charge in [0.25, 0.3) is 0 Å². The number of nitrogens with zero attached hydrogens (tertiary/aromatic N) is 5. The fourth-order valence-corrected chi connectivity index (χ4v) is 1.88. The Kier molecular flexibility index (Phi) is 3.55. The Bertz CT molecular complexity index is 555. The van der Waals surface area contributed by atoms with E-state index in [0.29, 0.717) is 18.1 Å². The number of hydrogen-bond acceptors (Lipinski definition) is 4. The number of ketones is 1. The van der Waals surface area contributed by atoms with E-state index < -0.39 is 0 Å². The van der Waals surface area contributed by atoms with Gasteiger partial charge < -0.3 is 0 Å². The largest absolute Gasteiger partial charge is 0.292 e. The zero-order valence-electron chi connectivity index (χ0n) is 10.9. The van der Waals surface area contributed by atoms with E-state index in [1.165, 1.54) is 6.33 Å². The molecule has 96 valence electrons. The number of hydrogen-bond donors (Lipinski definition) is 0. The van der Waals surface area contributed by atoms with Crippen molar-refractivity contribution in [1.82, 2.24) is 24.5 Å². The summed E-state index contributed by atoms with van der Waals surface area (Å²) in [4.78, 5) is 16.3. The molecule has 0 bridgehead atoms. The summed E-state index contributed by atoms with van der Waals surface area (Å²) in [6.45, 7) is 4.71. The van der Waals surface area contributed by atoms with Crippen LogP contribution in [0.3, 0.4) is 0 Å². The van der Waals surface area contributed by atoms with Gasteiger partial charge in [0.2, 0.25) is 0 Å². The monoisotopic (exact) mass is 247 g/mol. The second kappa shape index (κ2) is 5.12. The van der Waals surface area contributed by atoms with Crippen LogP contribution in [0.25, 0.3) is 0 Å². The van der Waals surface area contributed by atoms with E-state index >= 15 is 0 Å². The number of rotatable bonds is 5. The normalized spacial score (nSPS) is 10.8. The van der Waals surface area contributed by atoms with Crippen molar-refractivity contribution in [3.05, 3.63) is 29.6 Å². The van der Waals surface area contributed by atoms with Crippen LogP contribution in [0, 0.1) is 0 Å². The first kappa shape index (κ1) is 12.5. The van der Waals surface area contributed by atoms with Crippen molar-refractivity contribution in [2.75, 3.05) is 0 Å². The summed E-state index contributed by atoms with van der Waals surface area (Å²) < 4.78 is 3.36. The molecule has 0 fully saturated rings. The van der Waals surface area contributed by atoms with Gasteiger partial charge in [-0.15, -0.1) is 0 Å². The average Bonchev–Trinajstić information content (AvgIpc) is 2.95. The van der Waals surface area contributed by atoms with E-state index in [-0.39, 0.29) is 12.2 Å². The molecule has 6 nitrogen and oxygen atoms in total. The molecule has 2 aromatic heterocycles. The highest BCUT2D eigenvalue weighted by Gasteiger charge is 2.16. The highest BCUT2D eigenvalue weighted by molar-refractivity contribution is 5.95. The van der Waals surface area contributed by atoms with E-state index in [1.54, 1.807) is 16.4 Å². The van der Waals surface area contributed by atoms with Crippen molar-refractivity contribution in [3.63, 3.8) is 0 Å². The van der Waals surface area contributed by atoms with Crippen LogP contribution in [0.15, 0.2) is 12.4 Å². The first-order valence-electron chi connectivity index (χ1n) is 6.08. The molecule has 0 aromatic carbocycles. The summed E-state index contributed by atoms with van der Waals surface area (Å²) in [7, 11) is 1.79. The number of Topliss-reactive ketones (excluding diaryl/α,β-unsaturated/α-hetero) is 1. The van der Waals surface area contributed by atoms with Crippen LogP contribution in [0.4, 0.5) is 0 Å². The fraction of sp³-hybridized carbons (Fsp3) is 0.500. The highest BCUT2D eigenvalue weighted by Crippen LogP contribution is 2.08. The van der Waals surface area contributed by atoms with Crippen molar-refractivity contribution in [3.8, 4) is 0 Å². The third-order valence-electron chi connectivity index (χ3n) is 2.89. The lowest BCUT2D eigenvalue weighted by atomic mass is 10.2. The molecule has 0 spiro atoms. The smallest absolute Gasteiger partial charge is 0.188 e. The van der Waals surface area contributed by atoms with Gasteiger partial charge in [0.15, 0.2) is 5.78 Å². The minimum absolute atomic E-state index is 0.0207. The summed E-state index contributed by atoms with van der Waals surface area (Å²) in [6, 6.07) is 1.84. The maximum Gasteiger partial charge on any atom is 0.188 e. The van der Waals surface area contributed by atoms with E-state index in [1.807, 2.05) is 19.9 Å². The van der Waals surface area contributed by atoms with Crippen molar-refractivity contribution < 1.29 is 4.79 Å². The molecule has 0 amide bonds. The molecule has 0 aliphatic carbocycles. The number of carbonyl (C=O) groups is 1. The summed E-state index contributed by atoms with van der Waals surface area (Å²) in [5.74, 6) is 0.717. The van der Waals surface area contributed by atoms with Crippen LogP contribution in [-0.2, 0) is 26.4 Å². The van der Waals surface area contributed by atoms with Crippen LogP contribution in [0.5, 0.6) is 0 Å². The highest BCUT2D eigenvalue weighted by atomic mass is 16.1. The maximum absolute atomic E-state index is 12.2. The molecule has 6 heteroatoms. The second-order valence-corrected chi connectivity index (χ2v) is 4.09. The van der Waals surface area contributed by atoms with Crippen LogP contribution in [0.2, 0.25) is 0 Å². The number of carbonyl (C=O) groups excluding carboxylic acids is 1. The predicted molar refractivity (Wildman–Crippen MR) is 66.3 cm³/mol. The van der Waals surface area contributed by atoms with Crippen molar-refractivity contribution in [1.29, 1.82) is 0 Å². The van der Waals surface area contributed by atoms with Crippen molar-refractivity contribution in [2.45, 2.75) is 33.2 Å². The lowest BCUT2D eigenvalue weighted by Crippen LogP contribution is -2.13. The first-order valence-corrected chi connectivity index (χ1v) is 6.08. The van der Waals surface area contributed by atoms with Crippen LogP contribution >= 0.6 is 0 Å². The zero-order valence-corrected chi connectivity index (χ0v) is 10.9. The molecular weight excluding hydrogens is 230 g/mol. The summed E-state index contributed by atoms with van der Waals surface area (Å²) in [5.41, 5.74) is 1.55. The maximum atomic E-state index is 12.2. The van der Waals surface area contributed by atoms with Crippen LogP contribution in [0.1, 0.15) is 35.9 Å². The third-order valence-corrected chi connectivity index (χ3v) is 2.89. The molecule has 0 unspecified atom stereocenters. The zero-order chi connectivity index (χ0) is 13.1. The summed E-state index contributed by atoms with van der Waals surface area (Å²) >= 11 is 0. The lowest BCUT2D eigenvalue weighted by molar-refractivity contribution is 0.0980. The molecule has 0 atom stereocenters. The van der Waals surface area contributed by atoms with E-state index in [0.717, 1.165) is 12.1 Å². The lowest BCUT2D eigenvalue weighted by Gasteiger charge is -2.02. The topological polar surface area (TPSA) is 65.6 Å². The molecule has 18 heavy (non-hydrogen) atoms. The third kappa shape index (κ3) is 2.32. The minimum Gasteiger partial charge on any atom is -0.292 e. The van der Waals surface area contributed by atoms with Gasteiger partial charge in [0.05, 0.1) is 12.1 Å². The van der Waals surface area contributed by atoms with Gasteiger partial charge >= 0.3 is 0 Å². The van der Waals surface area contributed by atoms with Gasteiger partial charge in [-0.25, -0.2) is 9.67 Å². The minimum atomic E-state index is 0.0207. The molecule has 0 saturated carbocycles. The van der Waals surface area contributed by atoms with Crippen molar-refractivity contribution >= 4 is 5.78 Å². The molecule has 2 rings (SSSR count). The van der Waals surface area contributed by atoms with Gasteiger partial charge in [-0.3, -0.25) is 9.48 Å². The molecular formula is C12H17N5O. The molecule has 2 aromatic rings. The van der Waals surface area contributed by atoms with Gasteiger partial charge in [-0.1, -0.05) is 6.92 Å². The van der Waals surface area contributed by atoms with E-state index in [9.17, 15) is 4.79 Å². The molecule has 2 heterocycles. The Morgan fingerprint density at radius 3 is 2.78 bits per heavy atom. The van der Waals surface area contributed by atoms with E-state index in [2.05, 4.69) is 15.2 Å². The van der Waals surface area contributed by atoms with Crippen LogP contribution in [-0.4, -0.2) is 30.3 Å². The molecule has 0 aliphatic heterocycles. The van der Waals surface area contributed by atoms with Gasteiger partial charge in [0.1, 0.15) is 17.8 Å². The molecule has 0 radical (unpaired) electrons. The predicted octanol–water partition coefficient (Wildman–Crippen LogP) is 1.02. The fourth-order valence-electron chi connectivity index (χ4n) is 1.88. The Morgan fingerprint density at radius 1 is 1.39 bits per heavy atom. The Hall–Kier alpha value is -1.98. The second-order valence-electron chi connectivity index (χ2n) is 4.09. The number of aryl methyl sites for hydroxylation is 3. The molecule has 0 N–H and O–H groups in total. The quantitative estimate of drug-likeness (QED) is 0.740. The van der Waals surface area contributed by atoms with Gasteiger partial charge in [-0.2, -0.15) is 10.2 Å². The first-order chi connectivity index (χ1) is 8.65. The Balaban J connectivity index is 2.19.